The second kappa shape index (κ2) is 7.86. The average molecular weight is 380 g/mol. The van der Waals surface area contributed by atoms with Crippen LogP contribution in [0.15, 0.2) is 45.6 Å². The van der Waals surface area contributed by atoms with Gasteiger partial charge in [0, 0.05) is 29.2 Å². The first-order valence-electron chi connectivity index (χ1n) is 9.06. The van der Waals surface area contributed by atoms with Crippen molar-refractivity contribution in [3.63, 3.8) is 0 Å². The first kappa shape index (κ1) is 19.6. The van der Waals surface area contributed by atoms with Gasteiger partial charge in [0.2, 0.25) is 5.91 Å². The number of phenols is 1. The summed E-state index contributed by atoms with van der Waals surface area (Å²) < 4.78 is 5.27. The van der Waals surface area contributed by atoms with Crippen LogP contribution < -0.4 is 10.9 Å². The fourth-order valence-corrected chi connectivity index (χ4v) is 3.33. The lowest BCUT2D eigenvalue weighted by Gasteiger charge is -2.18. The monoisotopic (exact) mass is 380 g/mol. The predicted molar refractivity (Wildman–Crippen MR) is 110 cm³/mol. The fraction of sp³-hybridized carbons (Fsp3) is 0.273. The van der Waals surface area contributed by atoms with Gasteiger partial charge in [-0.3, -0.25) is 9.69 Å². The second-order valence-electron chi connectivity index (χ2n) is 7.16. The normalized spacial score (nSPS) is 11.2. The number of hydrogen-bond donors (Lipinski definition) is 2. The van der Waals surface area contributed by atoms with Crippen LogP contribution in [0.5, 0.6) is 5.75 Å². The topological polar surface area (TPSA) is 82.8 Å². The molecular weight excluding hydrogens is 356 g/mol. The molecule has 3 aromatic rings. The van der Waals surface area contributed by atoms with Crippen LogP contribution in [0.3, 0.4) is 0 Å². The average Bonchev–Trinajstić information content (AvgIpc) is 2.61. The zero-order valence-corrected chi connectivity index (χ0v) is 16.5. The molecule has 1 heterocycles. The number of benzene rings is 2. The molecule has 0 bridgehead atoms. The number of amides is 1. The maximum Gasteiger partial charge on any atom is 0.336 e. The number of hydrogen-bond acceptors (Lipinski definition) is 5. The van der Waals surface area contributed by atoms with Gasteiger partial charge in [-0.15, -0.1) is 0 Å². The molecular formula is C22H24N2O4. The highest BCUT2D eigenvalue weighted by atomic mass is 16.4. The number of aromatic hydroxyl groups is 1. The Morgan fingerprint density at radius 2 is 1.82 bits per heavy atom. The van der Waals surface area contributed by atoms with Crippen molar-refractivity contribution in [2.75, 3.05) is 18.9 Å². The zero-order valence-electron chi connectivity index (χ0n) is 16.5. The van der Waals surface area contributed by atoms with Crippen LogP contribution in [0.25, 0.3) is 11.0 Å². The molecule has 6 heteroatoms. The lowest BCUT2D eigenvalue weighted by Crippen LogP contribution is -2.30. The first-order valence-corrected chi connectivity index (χ1v) is 9.06. The van der Waals surface area contributed by atoms with E-state index in [2.05, 4.69) is 5.32 Å². The van der Waals surface area contributed by atoms with Crippen LogP contribution in [0.1, 0.15) is 22.3 Å². The molecule has 1 amide bonds. The Morgan fingerprint density at radius 1 is 1.14 bits per heavy atom. The van der Waals surface area contributed by atoms with Gasteiger partial charge in [0.15, 0.2) is 0 Å². The van der Waals surface area contributed by atoms with Crippen molar-refractivity contribution in [3.05, 3.63) is 69.1 Å². The van der Waals surface area contributed by atoms with Gasteiger partial charge in [0.1, 0.15) is 11.3 Å². The summed E-state index contributed by atoms with van der Waals surface area (Å²) in [6.45, 7) is 6.18. The zero-order chi connectivity index (χ0) is 20.4. The van der Waals surface area contributed by atoms with Gasteiger partial charge in [0.05, 0.1) is 6.54 Å². The largest absolute Gasteiger partial charge is 0.508 e. The molecule has 0 fully saturated rings. The summed E-state index contributed by atoms with van der Waals surface area (Å²) in [4.78, 5) is 26.3. The van der Waals surface area contributed by atoms with Gasteiger partial charge in [-0.05, 0) is 56.6 Å². The lowest BCUT2D eigenvalue weighted by atomic mass is 10.1. The number of aryl methyl sites for hydroxylation is 3. The smallest absolute Gasteiger partial charge is 0.336 e. The Hall–Kier alpha value is -3.12. The SMILES string of the molecule is Cc1cccc(C)c1NC(=O)CN(C)Cc1cc(=O)oc2c(C)c(O)ccc12. The van der Waals surface area contributed by atoms with Crippen molar-refractivity contribution >= 4 is 22.6 Å². The number of carbonyl (C=O) groups excluding carboxylic acids is 1. The van der Waals surface area contributed by atoms with Crippen LogP contribution in [0, 0.1) is 20.8 Å². The summed E-state index contributed by atoms with van der Waals surface area (Å²) in [5, 5.41) is 13.6. The summed E-state index contributed by atoms with van der Waals surface area (Å²) in [7, 11) is 1.82. The van der Waals surface area contributed by atoms with Crippen LogP contribution in [-0.2, 0) is 11.3 Å². The Morgan fingerprint density at radius 3 is 2.50 bits per heavy atom. The third kappa shape index (κ3) is 4.07. The van der Waals surface area contributed by atoms with Crippen LogP contribution >= 0.6 is 0 Å². The highest BCUT2D eigenvalue weighted by Crippen LogP contribution is 2.27. The number of anilines is 1. The third-order valence-corrected chi connectivity index (χ3v) is 4.82. The molecule has 0 spiro atoms. The molecule has 0 atom stereocenters. The van der Waals surface area contributed by atoms with Gasteiger partial charge < -0.3 is 14.8 Å². The predicted octanol–water partition coefficient (Wildman–Crippen LogP) is 3.49. The number of nitrogens with one attached hydrogen (secondary N) is 1. The van der Waals surface area contributed by atoms with E-state index in [0.717, 1.165) is 27.8 Å². The minimum Gasteiger partial charge on any atom is -0.508 e. The van der Waals surface area contributed by atoms with Gasteiger partial charge in [0.25, 0.3) is 0 Å². The minimum absolute atomic E-state index is 0.0779. The summed E-state index contributed by atoms with van der Waals surface area (Å²) in [6.07, 6.45) is 0. The van der Waals surface area contributed by atoms with Crippen molar-refractivity contribution in [2.45, 2.75) is 27.3 Å². The summed E-state index contributed by atoms with van der Waals surface area (Å²) >= 11 is 0. The number of phenolic OH excluding ortho intramolecular Hbond substituents is 1. The second-order valence-corrected chi connectivity index (χ2v) is 7.16. The maximum atomic E-state index is 12.5. The Kier molecular flexibility index (Phi) is 5.51. The first-order chi connectivity index (χ1) is 13.3. The number of para-hydroxylation sites is 1. The molecule has 0 aliphatic heterocycles. The van der Waals surface area contributed by atoms with Gasteiger partial charge in [-0.1, -0.05) is 18.2 Å². The molecule has 146 valence electrons. The molecule has 3 rings (SSSR count). The molecule has 0 saturated heterocycles. The molecule has 0 unspecified atom stereocenters. The molecule has 0 aliphatic rings. The summed E-state index contributed by atoms with van der Waals surface area (Å²) in [5.74, 6) is -0.0462. The van der Waals surface area contributed by atoms with Crippen molar-refractivity contribution in [1.29, 1.82) is 0 Å². The standard InChI is InChI=1S/C22H24N2O4/c1-13-6-5-7-14(2)21(13)23-19(26)12-24(4)11-16-10-20(27)28-22-15(3)18(25)9-8-17(16)22/h5-10,25H,11-12H2,1-4H3,(H,23,26). The van der Waals surface area contributed by atoms with Gasteiger partial charge in [-0.25, -0.2) is 4.79 Å². The van der Waals surface area contributed by atoms with Crippen molar-refractivity contribution in [2.24, 2.45) is 0 Å². The quantitative estimate of drug-likeness (QED) is 0.662. The molecule has 2 aromatic carbocycles. The highest BCUT2D eigenvalue weighted by Gasteiger charge is 2.14. The van der Waals surface area contributed by atoms with E-state index in [1.54, 1.807) is 19.1 Å². The van der Waals surface area contributed by atoms with Gasteiger partial charge >= 0.3 is 5.63 Å². The van der Waals surface area contributed by atoms with Crippen molar-refractivity contribution in [3.8, 4) is 5.75 Å². The van der Waals surface area contributed by atoms with E-state index in [-0.39, 0.29) is 18.2 Å². The van der Waals surface area contributed by atoms with E-state index >= 15 is 0 Å². The highest BCUT2D eigenvalue weighted by molar-refractivity contribution is 5.93. The van der Waals surface area contributed by atoms with Crippen LogP contribution in [0.2, 0.25) is 0 Å². The summed E-state index contributed by atoms with van der Waals surface area (Å²) in [5.41, 5.74) is 4.01. The number of rotatable bonds is 5. The summed E-state index contributed by atoms with van der Waals surface area (Å²) in [6, 6.07) is 10.6. The van der Waals surface area contributed by atoms with Crippen LogP contribution in [0.4, 0.5) is 5.69 Å². The third-order valence-electron chi connectivity index (χ3n) is 4.82. The molecule has 0 aliphatic carbocycles. The van der Waals surface area contributed by atoms with Gasteiger partial charge in [-0.2, -0.15) is 0 Å². The molecule has 6 nitrogen and oxygen atoms in total. The van der Waals surface area contributed by atoms with E-state index < -0.39 is 5.63 Å². The molecule has 0 radical (unpaired) electrons. The number of likely N-dealkylation sites (N-methyl/N-ethyl adjacent to an activating group) is 1. The Bertz CT molecular complexity index is 1080. The minimum atomic E-state index is -0.482. The van der Waals surface area contributed by atoms with Crippen LogP contribution in [-0.4, -0.2) is 29.5 Å². The van der Waals surface area contributed by atoms with E-state index in [1.165, 1.54) is 6.07 Å². The molecule has 2 N–H and O–H groups in total. The Balaban J connectivity index is 1.78. The number of fused-ring (bicyclic) bond motifs is 1. The van der Waals surface area contributed by atoms with Crippen molar-refractivity contribution in [1.82, 2.24) is 4.90 Å². The maximum absolute atomic E-state index is 12.5. The Labute approximate surface area is 163 Å². The number of carbonyl (C=O) groups is 1. The van der Waals surface area contributed by atoms with E-state index in [4.69, 9.17) is 4.42 Å². The van der Waals surface area contributed by atoms with E-state index in [0.29, 0.717) is 17.7 Å². The molecule has 28 heavy (non-hydrogen) atoms. The lowest BCUT2D eigenvalue weighted by molar-refractivity contribution is -0.117. The van der Waals surface area contributed by atoms with E-state index in [9.17, 15) is 14.7 Å². The number of nitrogens with zero attached hydrogens (tertiary/aromatic N) is 1. The molecule has 0 saturated carbocycles. The fourth-order valence-electron chi connectivity index (χ4n) is 3.33. The molecule has 1 aromatic heterocycles. The van der Waals surface area contributed by atoms with Crippen molar-refractivity contribution < 1.29 is 14.3 Å². The van der Waals surface area contributed by atoms with E-state index in [1.807, 2.05) is 44.0 Å².